The van der Waals surface area contributed by atoms with E-state index in [1.165, 1.54) is 16.3 Å². The van der Waals surface area contributed by atoms with Gasteiger partial charge in [-0.3, -0.25) is 4.79 Å². The molecule has 2 N–H and O–H groups in total. The molecule has 6 rings (SSSR count). The molecule has 0 unspecified atom stereocenters. The Morgan fingerprint density at radius 2 is 1.61 bits per heavy atom. The van der Waals surface area contributed by atoms with Gasteiger partial charge in [0.25, 0.3) is 5.91 Å². The highest BCUT2D eigenvalue weighted by molar-refractivity contribution is 5.96. The number of aryl methyl sites for hydroxylation is 1. The summed E-state index contributed by atoms with van der Waals surface area (Å²) < 4.78 is 0. The highest BCUT2D eigenvalue weighted by Crippen LogP contribution is 2.31. The van der Waals surface area contributed by atoms with Crippen LogP contribution in [0.15, 0.2) is 109 Å². The Labute approximate surface area is 240 Å². The summed E-state index contributed by atoms with van der Waals surface area (Å²) in [4.78, 5) is 27.2. The Hall–Kier alpha value is -4.90. The molecule has 5 nitrogen and oxygen atoms in total. The molecule has 1 amide bonds. The van der Waals surface area contributed by atoms with E-state index in [0.717, 1.165) is 53.9 Å². The number of amides is 1. The van der Waals surface area contributed by atoms with Crippen LogP contribution >= 0.6 is 0 Å². The van der Waals surface area contributed by atoms with Crippen molar-refractivity contribution in [1.29, 1.82) is 0 Å². The number of benzene rings is 5. The van der Waals surface area contributed by atoms with Crippen molar-refractivity contribution >= 4 is 28.3 Å². The third-order valence-corrected chi connectivity index (χ3v) is 7.97. The fraction of sp³-hybridized carbons (Fsp3) is 0.167. The molecule has 5 heteroatoms. The van der Waals surface area contributed by atoms with Crippen LogP contribution in [0.4, 0.5) is 5.69 Å². The van der Waals surface area contributed by atoms with Crippen LogP contribution in [0.2, 0.25) is 0 Å². The summed E-state index contributed by atoms with van der Waals surface area (Å²) in [6.07, 6.45) is 1.97. The third-order valence-electron chi connectivity index (χ3n) is 7.97. The van der Waals surface area contributed by atoms with Gasteiger partial charge in [-0.25, -0.2) is 4.79 Å². The van der Waals surface area contributed by atoms with Crippen LogP contribution in [0.25, 0.3) is 21.9 Å². The van der Waals surface area contributed by atoms with E-state index in [2.05, 4.69) is 58.7 Å². The van der Waals surface area contributed by atoms with Crippen molar-refractivity contribution in [3.05, 3.63) is 137 Å². The normalized spacial score (nSPS) is 13.4. The Balaban J connectivity index is 1.15. The number of rotatable bonds is 7. The Morgan fingerprint density at radius 1 is 0.854 bits per heavy atom. The monoisotopic (exact) mass is 540 g/mol. The Kier molecular flexibility index (Phi) is 7.26. The summed E-state index contributed by atoms with van der Waals surface area (Å²) in [5, 5.41) is 15.1. The van der Waals surface area contributed by atoms with E-state index in [9.17, 15) is 14.7 Å². The van der Waals surface area contributed by atoms with E-state index in [0.29, 0.717) is 11.1 Å². The van der Waals surface area contributed by atoms with Crippen molar-refractivity contribution in [3.8, 4) is 11.1 Å². The molecular formula is C36H32N2O3. The van der Waals surface area contributed by atoms with Gasteiger partial charge >= 0.3 is 5.97 Å². The predicted octanol–water partition coefficient (Wildman–Crippen LogP) is 7.65. The van der Waals surface area contributed by atoms with Crippen LogP contribution in [-0.4, -0.2) is 23.5 Å². The number of hydrogen-bond donors (Lipinski definition) is 2. The van der Waals surface area contributed by atoms with Crippen molar-refractivity contribution < 1.29 is 14.7 Å². The summed E-state index contributed by atoms with van der Waals surface area (Å²) >= 11 is 0. The zero-order valence-corrected chi connectivity index (χ0v) is 23.0. The van der Waals surface area contributed by atoms with Gasteiger partial charge in [0.05, 0.1) is 11.6 Å². The molecular weight excluding hydrogens is 508 g/mol. The lowest BCUT2D eigenvalue weighted by atomic mass is 9.97. The summed E-state index contributed by atoms with van der Waals surface area (Å²) in [5.74, 6) is -0.992. The molecule has 0 saturated carbocycles. The zero-order valence-electron chi connectivity index (χ0n) is 23.0. The van der Waals surface area contributed by atoms with Crippen molar-refractivity contribution in [3.63, 3.8) is 0 Å². The summed E-state index contributed by atoms with van der Waals surface area (Å²) in [6.45, 7) is 3.72. The van der Waals surface area contributed by atoms with Crippen LogP contribution < -0.4 is 10.2 Å². The molecule has 0 aliphatic carbocycles. The van der Waals surface area contributed by atoms with Gasteiger partial charge in [0.15, 0.2) is 0 Å². The molecule has 1 heterocycles. The molecule has 0 fully saturated rings. The molecule has 0 bridgehead atoms. The Morgan fingerprint density at radius 3 is 2.41 bits per heavy atom. The number of nitrogens with one attached hydrogen (secondary N) is 1. The first-order valence-corrected chi connectivity index (χ1v) is 14.1. The minimum Gasteiger partial charge on any atom is -0.478 e. The van der Waals surface area contributed by atoms with Crippen LogP contribution in [0, 0.1) is 0 Å². The number of nitrogens with zero attached hydrogens (tertiary/aromatic N) is 1. The van der Waals surface area contributed by atoms with Crippen LogP contribution in [-0.2, 0) is 13.0 Å². The summed E-state index contributed by atoms with van der Waals surface area (Å²) in [5.41, 5.74) is 7.18. The fourth-order valence-electron chi connectivity index (χ4n) is 5.75. The van der Waals surface area contributed by atoms with Crippen LogP contribution in [0.1, 0.15) is 56.8 Å². The van der Waals surface area contributed by atoms with E-state index in [1.807, 2.05) is 55.5 Å². The number of fused-ring (bicyclic) bond motifs is 2. The van der Waals surface area contributed by atoms with Gasteiger partial charge in [-0.2, -0.15) is 0 Å². The lowest BCUT2D eigenvalue weighted by Gasteiger charge is -2.32. The lowest BCUT2D eigenvalue weighted by Crippen LogP contribution is -2.30. The molecule has 0 spiro atoms. The van der Waals surface area contributed by atoms with Crippen molar-refractivity contribution in [2.75, 3.05) is 11.4 Å². The smallest absolute Gasteiger partial charge is 0.336 e. The number of anilines is 1. The van der Waals surface area contributed by atoms with Crippen molar-refractivity contribution in [1.82, 2.24) is 5.32 Å². The molecule has 41 heavy (non-hydrogen) atoms. The largest absolute Gasteiger partial charge is 0.478 e. The molecule has 5 aromatic rings. The van der Waals surface area contributed by atoms with E-state index in [-0.39, 0.29) is 11.9 Å². The van der Waals surface area contributed by atoms with Crippen LogP contribution in [0.3, 0.4) is 0 Å². The molecule has 0 aromatic heterocycles. The molecule has 1 aliphatic rings. The minimum atomic E-state index is -0.925. The van der Waals surface area contributed by atoms with E-state index < -0.39 is 5.97 Å². The average molecular weight is 541 g/mol. The number of carbonyl (C=O) groups is 2. The lowest BCUT2D eigenvalue weighted by molar-refractivity contribution is 0.0697. The average Bonchev–Trinajstić information content (AvgIpc) is 3.01. The minimum absolute atomic E-state index is 0.0668. The highest BCUT2D eigenvalue weighted by atomic mass is 16.4. The molecule has 0 radical (unpaired) electrons. The molecule has 204 valence electrons. The van der Waals surface area contributed by atoms with E-state index in [4.69, 9.17) is 0 Å². The predicted molar refractivity (Wildman–Crippen MR) is 164 cm³/mol. The van der Waals surface area contributed by atoms with Gasteiger partial charge < -0.3 is 15.3 Å². The highest BCUT2D eigenvalue weighted by Gasteiger charge is 2.20. The zero-order chi connectivity index (χ0) is 28.3. The number of carboxylic acid groups (broad SMARTS) is 1. The number of aromatic carboxylic acids is 1. The number of hydrogen-bond acceptors (Lipinski definition) is 3. The first kappa shape index (κ1) is 26.3. The molecule has 0 saturated heterocycles. The first-order valence-electron chi connectivity index (χ1n) is 14.1. The SMILES string of the molecule is C[C@H](NC(=O)c1ccc2c(c1)CCCN2Cc1ccc(-c2ccccc2C(=O)O)cc1)c1ccc2ccccc2c1. The fourth-order valence-corrected chi connectivity index (χ4v) is 5.75. The van der Waals surface area contributed by atoms with Gasteiger partial charge in [-0.15, -0.1) is 0 Å². The maximum atomic E-state index is 13.2. The Bertz CT molecular complexity index is 1740. The second kappa shape index (κ2) is 11.3. The van der Waals surface area contributed by atoms with Crippen LogP contribution in [0.5, 0.6) is 0 Å². The van der Waals surface area contributed by atoms with Gasteiger partial charge in [0.2, 0.25) is 0 Å². The molecule has 1 atom stereocenters. The standard InChI is InChI=1S/C36H32N2O3/c1-24(28-17-16-26-7-2-3-8-29(26)21-28)37-35(39)31-18-19-34-30(22-31)9-6-20-38(34)23-25-12-14-27(15-13-25)32-10-4-5-11-33(32)36(40)41/h2-5,7-8,10-19,21-22,24H,6,9,20,23H2,1H3,(H,37,39)(H,40,41)/t24-/m0/s1. The van der Waals surface area contributed by atoms with Gasteiger partial charge in [-0.05, 0) is 88.7 Å². The number of carboxylic acids is 1. The molecule has 1 aliphatic heterocycles. The summed E-state index contributed by atoms with van der Waals surface area (Å²) in [7, 11) is 0. The van der Waals surface area contributed by atoms with Gasteiger partial charge in [0, 0.05) is 24.3 Å². The third kappa shape index (κ3) is 5.57. The van der Waals surface area contributed by atoms with Crippen molar-refractivity contribution in [2.24, 2.45) is 0 Å². The van der Waals surface area contributed by atoms with E-state index in [1.54, 1.807) is 12.1 Å². The summed E-state index contributed by atoms with van der Waals surface area (Å²) in [6, 6.07) is 35.7. The molecule has 5 aromatic carbocycles. The topological polar surface area (TPSA) is 69.6 Å². The second-order valence-corrected chi connectivity index (χ2v) is 10.7. The quantitative estimate of drug-likeness (QED) is 0.222. The van der Waals surface area contributed by atoms with Crippen molar-refractivity contribution in [2.45, 2.75) is 32.4 Å². The second-order valence-electron chi connectivity index (χ2n) is 10.7. The van der Waals surface area contributed by atoms with Gasteiger partial charge in [-0.1, -0.05) is 78.9 Å². The van der Waals surface area contributed by atoms with Gasteiger partial charge in [0.1, 0.15) is 0 Å². The van der Waals surface area contributed by atoms with E-state index >= 15 is 0 Å². The number of carbonyl (C=O) groups excluding carboxylic acids is 1. The maximum Gasteiger partial charge on any atom is 0.336 e. The first-order chi connectivity index (χ1) is 20.0. The maximum absolute atomic E-state index is 13.2.